The van der Waals surface area contributed by atoms with Crippen molar-refractivity contribution in [1.82, 2.24) is 0 Å². The van der Waals surface area contributed by atoms with Crippen LogP contribution in [0.5, 0.6) is 0 Å². The fourth-order valence-corrected chi connectivity index (χ4v) is 4.78. The van der Waals surface area contributed by atoms with Crippen molar-refractivity contribution >= 4 is 46.6 Å². The third-order valence-electron chi connectivity index (χ3n) is 5.51. The van der Waals surface area contributed by atoms with E-state index in [0.717, 1.165) is 21.6 Å². The molecule has 0 aliphatic carbocycles. The first-order chi connectivity index (χ1) is 16.9. The summed E-state index contributed by atoms with van der Waals surface area (Å²) in [6.07, 6.45) is 0. The molecule has 0 spiro atoms. The summed E-state index contributed by atoms with van der Waals surface area (Å²) in [6.45, 7) is 3.84. The maximum atomic E-state index is 13.3. The Morgan fingerprint density at radius 1 is 0.800 bits per heavy atom. The van der Waals surface area contributed by atoms with Crippen molar-refractivity contribution in [2.24, 2.45) is 0 Å². The lowest BCUT2D eigenvalue weighted by Gasteiger charge is -2.18. The summed E-state index contributed by atoms with van der Waals surface area (Å²) < 4.78 is 0. The van der Waals surface area contributed by atoms with Gasteiger partial charge in [0.15, 0.2) is 0 Å². The Balaban J connectivity index is 1.50. The van der Waals surface area contributed by atoms with Gasteiger partial charge in [-0.1, -0.05) is 65.7 Å². The zero-order valence-electron chi connectivity index (χ0n) is 19.4. The predicted octanol–water partition coefficient (Wildman–Crippen LogP) is 7.68. The van der Waals surface area contributed by atoms with Crippen molar-refractivity contribution in [2.45, 2.75) is 24.0 Å². The number of hydrogen-bond acceptors (Lipinski definition) is 3. The predicted molar refractivity (Wildman–Crippen MR) is 145 cm³/mol. The molecule has 0 saturated carbocycles. The van der Waals surface area contributed by atoms with Gasteiger partial charge in [-0.3, -0.25) is 9.59 Å². The first kappa shape index (κ1) is 24.6. The minimum absolute atomic E-state index is 0.136. The SMILES string of the molecule is Cc1cccc(C(=O)Nc2ccc(SC(C(=O)Nc3cccc(Cl)c3C)c3ccccc3)cc2)c1. The van der Waals surface area contributed by atoms with Crippen LogP contribution in [0.15, 0.2) is 102 Å². The van der Waals surface area contributed by atoms with Crippen molar-refractivity contribution in [3.63, 3.8) is 0 Å². The molecule has 0 saturated heterocycles. The molecule has 2 amide bonds. The molecule has 6 heteroatoms. The molecule has 1 atom stereocenters. The molecule has 0 radical (unpaired) electrons. The van der Waals surface area contributed by atoms with E-state index in [1.807, 2.05) is 98.8 Å². The smallest absolute Gasteiger partial charge is 0.255 e. The molecule has 4 aromatic carbocycles. The van der Waals surface area contributed by atoms with Crippen LogP contribution in [0, 0.1) is 13.8 Å². The molecule has 0 bridgehead atoms. The Kier molecular flexibility index (Phi) is 7.91. The van der Waals surface area contributed by atoms with Crippen LogP contribution in [0.4, 0.5) is 11.4 Å². The first-order valence-corrected chi connectivity index (χ1v) is 12.4. The zero-order valence-corrected chi connectivity index (χ0v) is 21.0. The third kappa shape index (κ3) is 6.32. The number of amides is 2. The molecule has 1 unspecified atom stereocenters. The van der Waals surface area contributed by atoms with Gasteiger partial charge in [0.1, 0.15) is 5.25 Å². The fraction of sp³-hybridized carbons (Fsp3) is 0.103. The van der Waals surface area contributed by atoms with Gasteiger partial charge >= 0.3 is 0 Å². The highest BCUT2D eigenvalue weighted by atomic mass is 35.5. The van der Waals surface area contributed by atoms with E-state index in [1.54, 1.807) is 12.1 Å². The molecule has 0 fully saturated rings. The van der Waals surface area contributed by atoms with Crippen molar-refractivity contribution < 1.29 is 9.59 Å². The molecule has 176 valence electrons. The third-order valence-corrected chi connectivity index (χ3v) is 7.19. The lowest BCUT2D eigenvalue weighted by atomic mass is 10.1. The molecule has 0 aliphatic heterocycles. The van der Waals surface area contributed by atoms with Gasteiger partial charge in [-0.05, 0) is 73.5 Å². The van der Waals surface area contributed by atoms with Crippen molar-refractivity contribution in [2.75, 3.05) is 10.6 Å². The fourth-order valence-electron chi connectivity index (χ4n) is 3.58. The van der Waals surface area contributed by atoms with Gasteiger partial charge in [0.2, 0.25) is 5.91 Å². The molecule has 4 aromatic rings. The van der Waals surface area contributed by atoms with Crippen LogP contribution in [0.2, 0.25) is 5.02 Å². The molecule has 0 heterocycles. The topological polar surface area (TPSA) is 58.2 Å². The van der Waals surface area contributed by atoms with Crippen LogP contribution in [0.25, 0.3) is 0 Å². The number of hydrogen-bond donors (Lipinski definition) is 2. The summed E-state index contributed by atoms with van der Waals surface area (Å²) in [6, 6.07) is 30.1. The molecule has 0 aliphatic rings. The maximum absolute atomic E-state index is 13.3. The summed E-state index contributed by atoms with van der Waals surface area (Å²) in [5, 5.41) is 6.09. The second-order valence-corrected chi connectivity index (χ2v) is 9.74. The summed E-state index contributed by atoms with van der Waals surface area (Å²) in [5.74, 6) is -0.295. The van der Waals surface area contributed by atoms with Crippen LogP contribution in [0.1, 0.15) is 32.3 Å². The Morgan fingerprint density at radius 2 is 1.51 bits per heavy atom. The van der Waals surface area contributed by atoms with Crippen LogP contribution in [-0.2, 0) is 4.79 Å². The molecule has 35 heavy (non-hydrogen) atoms. The summed E-state index contributed by atoms with van der Waals surface area (Å²) in [5.41, 5.74) is 4.75. The summed E-state index contributed by atoms with van der Waals surface area (Å²) >= 11 is 7.68. The van der Waals surface area contributed by atoms with Crippen molar-refractivity contribution in [3.05, 3.63) is 124 Å². The average Bonchev–Trinajstić information content (AvgIpc) is 2.87. The number of aryl methyl sites for hydroxylation is 1. The van der Waals surface area contributed by atoms with Crippen molar-refractivity contribution in [3.8, 4) is 0 Å². The number of carbonyl (C=O) groups is 2. The highest BCUT2D eigenvalue weighted by molar-refractivity contribution is 8.00. The van der Waals surface area contributed by atoms with Crippen LogP contribution < -0.4 is 10.6 Å². The highest BCUT2D eigenvalue weighted by Crippen LogP contribution is 2.37. The van der Waals surface area contributed by atoms with Crippen LogP contribution in [-0.4, -0.2) is 11.8 Å². The van der Waals surface area contributed by atoms with Crippen LogP contribution >= 0.6 is 23.4 Å². The quantitative estimate of drug-likeness (QED) is 0.256. The number of carbonyl (C=O) groups excluding carboxylic acids is 2. The van der Waals surface area contributed by atoms with E-state index in [2.05, 4.69) is 10.6 Å². The Labute approximate surface area is 214 Å². The number of thioether (sulfide) groups is 1. The number of benzene rings is 4. The number of rotatable bonds is 7. The van der Waals surface area contributed by atoms with Crippen molar-refractivity contribution in [1.29, 1.82) is 0 Å². The highest BCUT2D eigenvalue weighted by Gasteiger charge is 2.23. The Morgan fingerprint density at radius 3 is 2.23 bits per heavy atom. The largest absolute Gasteiger partial charge is 0.325 e. The van der Waals surface area contributed by atoms with E-state index in [-0.39, 0.29) is 11.8 Å². The van der Waals surface area contributed by atoms with E-state index < -0.39 is 5.25 Å². The monoisotopic (exact) mass is 500 g/mol. The van der Waals surface area contributed by atoms with Crippen LogP contribution in [0.3, 0.4) is 0 Å². The number of halogens is 1. The standard InChI is InChI=1S/C29H25ClN2O2S/c1-19-8-6-11-22(18-19)28(33)31-23-14-16-24(17-15-23)35-27(21-9-4-3-5-10-21)29(34)32-26-13-7-12-25(30)20(26)2/h3-18,27H,1-2H3,(H,31,33)(H,32,34). The second-order valence-electron chi connectivity index (χ2n) is 8.16. The molecule has 4 nitrogen and oxygen atoms in total. The molecule has 2 N–H and O–H groups in total. The van der Waals surface area contributed by atoms with Gasteiger partial charge in [-0.15, -0.1) is 11.8 Å². The molecule has 0 aromatic heterocycles. The number of anilines is 2. The van der Waals surface area contributed by atoms with E-state index in [4.69, 9.17) is 11.6 Å². The number of nitrogens with one attached hydrogen (secondary N) is 2. The zero-order chi connectivity index (χ0) is 24.8. The summed E-state index contributed by atoms with van der Waals surface area (Å²) in [7, 11) is 0. The van der Waals surface area contributed by atoms with Gasteiger partial charge in [-0.2, -0.15) is 0 Å². The van der Waals surface area contributed by atoms with Gasteiger partial charge in [0.25, 0.3) is 5.91 Å². The van der Waals surface area contributed by atoms with Gasteiger partial charge in [0, 0.05) is 26.9 Å². The first-order valence-electron chi connectivity index (χ1n) is 11.2. The van der Waals surface area contributed by atoms with E-state index in [0.29, 0.717) is 22.0 Å². The minimum atomic E-state index is -0.470. The Bertz CT molecular complexity index is 1340. The minimum Gasteiger partial charge on any atom is -0.325 e. The van der Waals surface area contributed by atoms with Gasteiger partial charge < -0.3 is 10.6 Å². The Hall–Kier alpha value is -3.54. The average molecular weight is 501 g/mol. The van der Waals surface area contributed by atoms with E-state index in [9.17, 15) is 9.59 Å². The van der Waals surface area contributed by atoms with E-state index >= 15 is 0 Å². The second kappa shape index (κ2) is 11.3. The van der Waals surface area contributed by atoms with E-state index in [1.165, 1.54) is 11.8 Å². The molecular weight excluding hydrogens is 476 g/mol. The van der Waals surface area contributed by atoms with Gasteiger partial charge in [0.05, 0.1) is 0 Å². The summed E-state index contributed by atoms with van der Waals surface area (Å²) in [4.78, 5) is 26.8. The lowest BCUT2D eigenvalue weighted by Crippen LogP contribution is -2.19. The molecule has 4 rings (SSSR count). The lowest BCUT2D eigenvalue weighted by molar-refractivity contribution is -0.115. The van der Waals surface area contributed by atoms with Gasteiger partial charge in [-0.25, -0.2) is 0 Å². The molecular formula is C29H25ClN2O2S. The normalized spacial score (nSPS) is 11.5. The maximum Gasteiger partial charge on any atom is 0.255 e.